The van der Waals surface area contributed by atoms with E-state index >= 15 is 0 Å². The van der Waals surface area contributed by atoms with Gasteiger partial charge < -0.3 is 19.9 Å². The van der Waals surface area contributed by atoms with Crippen LogP contribution in [0.5, 0.6) is 11.5 Å². The number of hydrogen-bond acceptors (Lipinski definition) is 5. The highest BCUT2D eigenvalue weighted by Gasteiger charge is 2.13. The number of rotatable bonds is 9. The zero-order chi connectivity index (χ0) is 22.1. The van der Waals surface area contributed by atoms with Gasteiger partial charge in [0.05, 0.1) is 13.3 Å². The van der Waals surface area contributed by atoms with Gasteiger partial charge in [-0.1, -0.05) is 12.1 Å². The number of amides is 2. The number of carboxylic acid groups (broad SMARTS) is 1. The van der Waals surface area contributed by atoms with Crippen molar-refractivity contribution < 1.29 is 24.2 Å². The van der Waals surface area contributed by atoms with E-state index in [9.17, 15) is 9.59 Å². The lowest BCUT2D eigenvalue weighted by Gasteiger charge is -2.14. The van der Waals surface area contributed by atoms with E-state index < -0.39 is 18.6 Å². The van der Waals surface area contributed by atoms with Crippen LogP contribution in [0, 0.1) is 13.8 Å². The van der Waals surface area contributed by atoms with Crippen molar-refractivity contribution >= 4 is 23.9 Å². The molecule has 0 radical (unpaired) electrons. The molecular formula is C22H25N3O5. The van der Waals surface area contributed by atoms with Crippen molar-refractivity contribution in [2.45, 2.75) is 20.3 Å². The van der Waals surface area contributed by atoms with Crippen molar-refractivity contribution in [3.8, 4) is 11.5 Å². The van der Waals surface area contributed by atoms with Crippen molar-refractivity contribution in [1.82, 2.24) is 5.43 Å². The Hall–Kier alpha value is -3.81. The molecule has 0 heterocycles. The zero-order valence-electron chi connectivity index (χ0n) is 17.2. The summed E-state index contributed by atoms with van der Waals surface area (Å²) in [6.07, 6.45) is 3.56. The summed E-state index contributed by atoms with van der Waals surface area (Å²) in [5.41, 5.74) is 6.50. The minimum absolute atomic E-state index is 0.331. The number of carbonyl (C=O) groups is 2. The van der Waals surface area contributed by atoms with Crippen LogP contribution in [0.15, 0.2) is 48.1 Å². The molecule has 0 unspecified atom stereocenters. The summed E-state index contributed by atoms with van der Waals surface area (Å²) < 4.78 is 10.7. The van der Waals surface area contributed by atoms with E-state index in [1.165, 1.54) is 13.3 Å². The second kappa shape index (κ2) is 10.7. The molecule has 0 aliphatic heterocycles. The third-order valence-corrected chi connectivity index (χ3v) is 3.94. The number of nitrogens with one attached hydrogen (secondary N) is 2. The van der Waals surface area contributed by atoms with Gasteiger partial charge in [0, 0.05) is 11.3 Å². The van der Waals surface area contributed by atoms with Gasteiger partial charge in [-0.3, -0.25) is 0 Å². The van der Waals surface area contributed by atoms with E-state index in [4.69, 9.17) is 14.6 Å². The summed E-state index contributed by atoms with van der Waals surface area (Å²) in [6, 6.07) is 8.65. The lowest BCUT2D eigenvalue weighted by Crippen LogP contribution is -2.24. The molecule has 2 amide bonds. The molecule has 2 aromatic rings. The number of benzene rings is 2. The number of allylic oxidation sites excluding steroid dienone is 1. The molecule has 0 aliphatic rings. The Labute approximate surface area is 175 Å². The lowest BCUT2D eigenvalue weighted by atomic mass is 10.1. The van der Waals surface area contributed by atoms with Crippen LogP contribution in [0.2, 0.25) is 0 Å². The van der Waals surface area contributed by atoms with Gasteiger partial charge >= 0.3 is 12.0 Å². The first-order chi connectivity index (χ1) is 14.3. The van der Waals surface area contributed by atoms with Crippen molar-refractivity contribution in [3.63, 3.8) is 0 Å². The first-order valence-corrected chi connectivity index (χ1v) is 9.17. The summed E-state index contributed by atoms with van der Waals surface area (Å²) in [5.74, 6) is -0.402. The fourth-order valence-corrected chi connectivity index (χ4v) is 2.89. The van der Waals surface area contributed by atoms with E-state index in [0.717, 1.165) is 11.1 Å². The number of carbonyl (C=O) groups excluding carboxylic acids is 1. The van der Waals surface area contributed by atoms with Gasteiger partial charge in [0.15, 0.2) is 18.1 Å². The Morgan fingerprint density at radius 1 is 1.17 bits per heavy atom. The fraction of sp³-hybridized carbons (Fsp3) is 0.227. The number of methoxy groups -OCH3 is 1. The van der Waals surface area contributed by atoms with Gasteiger partial charge in [-0.2, -0.15) is 5.10 Å². The largest absolute Gasteiger partial charge is 0.493 e. The van der Waals surface area contributed by atoms with Crippen LogP contribution in [0.1, 0.15) is 22.3 Å². The molecule has 2 rings (SSSR count). The molecule has 0 aliphatic carbocycles. The number of anilines is 1. The van der Waals surface area contributed by atoms with Gasteiger partial charge in [-0.25, -0.2) is 15.0 Å². The standard InChI is InChI=1S/C22H25N3O5/c1-5-6-17-10-16(11-19(29-4)21(17)30-13-20(26)27)12-23-25-22(28)24-18-8-14(2)7-15(3)9-18/h5,7-12H,1,6,13H2,2-4H3,(H,26,27)(H2,24,25,28)/b23-12+. The van der Waals surface area contributed by atoms with Gasteiger partial charge in [0.25, 0.3) is 0 Å². The Bertz CT molecular complexity index is 949. The van der Waals surface area contributed by atoms with E-state index in [0.29, 0.717) is 34.7 Å². The number of urea groups is 1. The summed E-state index contributed by atoms with van der Waals surface area (Å²) in [4.78, 5) is 22.9. The van der Waals surface area contributed by atoms with Crippen LogP contribution in [-0.4, -0.2) is 37.0 Å². The Morgan fingerprint density at radius 2 is 1.87 bits per heavy atom. The average molecular weight is 411 g/mol. The fourth-order valence-electron chi connectivity index (χ4n) is 2.89. The van der Waals surface area contributed by atoms with E-state index in [1.807, 2.05) is 32.0 Å². The van der Waals surface area contributed by atoms with Crippen molar-refractivity contribution in [2.24, 2.45) is 5.10 Å². The molecule has 2 aromatic carbocycles. The first-order valence-electron chi connectivity index (χ1n) is 9.17. The number of hydrazone groups is 1. The molecule has 30 heavy (non-hydrogen) atoms. The number of aryl methyl sites for hydroxylation is 2. The summed E-state index contributed by atoms with van der Waals surface area (Å²) >= 11 is 0. The second-order valence-corrected chi connectivity index (χ2v) is 6.59. The normalized spacial score (nSPS) is 10.5. The molecule has 0 atom stereocenters. The average Bonchev–Trinajstić information content (AvgIpc) is 2.66. The monoisotopic (exact) mass is 411 g/mol. The van der Waals surface area contributed by atoms with Crippen LogP contribution in [0.4, 0.5) is 10.5 Å². The maximum atomic E-state index is 12.1. The van der Waals surface area contributed by atoms with E-state index in [1.54, 1.807) is 18.2 Å². The van der Waals surface area contributed by atoms with Crippen LogP contribution >= 0.6 is 0 Å². The second-order valence-electron chi connectivity index (χ2n) is 6.59. The molecule has 0 aromatic heterocycles. The number of carboxylic acids is 1. The number of ether oxygens (including phenoxy) is 2. The van der Waals surface area contributed by atoms with Gasteiger partial charge in [-0.15, -0.1) is 6.58 Å². The summed E-state index contributed by atoms with van der Waals surface area (Å²) in [5, 5.41) is 15.5. The van der Waals surface area contributed by atoms with Gasteiger partial charge in [0.2, 0.25) is 0 Å². The highest BCUT2D eigenvalue weighted by atomic mass is 16.5. The smallest absolute Gasteiger partial charge is 0.341 e. The van der Waals surface area contributed by atoms with Gasteiger partial charge in [-0.05, 0) is 61.2 Å². The molecule has 0 saturated carbocycles. The predicted molar refractivity (Wildman–Crippen MR) is 116 cm³/mol. The molecule has 0 saturated heterocycles. The van der Waals surface area contributed by atoms with Crippen LogP contribution in [0.25, 0.3) is 0 Å². The van der Waals surface area contributed by atoms with Crippen molar-refractivity contribution in [1.29, 1.82) is 0 Å². The summed E-state index contributed by atoms with van der Waals surface area (Å²) in [7, 11) is 1.46. The highest BCUT2D eigenvalue weighted by molar-refractivity contribution is 5.90. The maximum Gasteiger partial charge on any atom is 0.341 e. The van der Waals surface area contributed by atoms with Crippen LogP contribution in [-0.2, 0) is 11.2 Å². The predicted octanol–water partition coefficient (Wildman–Crippen LogP) is 3.66. The Morgan fingerprint density at radius 3 is 2.47 bits per heavy atom. The quantitative estimate of drug-likeness (QED) is 0.331. The molecular weight excluding hydrogens is 386 g/mol. The van der Waals surface area contributed by atoms with Crippen molar-refractivity contribution in [3.05, 3.63) is 65.2 Å². The number of hydrogen-bond donors (Lipinski definition) is 3. The molecule has 158 valence electrons. The van der Waals surface area contributed by atoms with Crippen LogP contribution < -0.4 is 20.2 Å². The number of nitrogens with zero attached hydrogens (tertiary/aromatic N) is 1. The lowest BCUT2D eigenvalue weighted by molar-refractivity contribution is -0.139. The molecule has 0 spiro atoms. The summed E-state index contributed by atoms with van der Waals surface area (Å²) in [6.45, 7) is 7.11. The Kier molecular flexibility index (Phi) is 7.99. The topological polar surface area (TPSA) is 109 Å². The van der Waals surface area contributed by atoms with E-state index in [2.05, 4.69) is 22.4 Å². The molecule has 3 N–H and O–H groups in total. The molecule has 8 nitrogen and oxygen atoms in total. The minimum atomic E-state index is -1.09. The number of aliphatic carboxylic acids is 1. The Balaban J connectivity index is 2.13. The third-order valence-electron chi connectivity index (χ3n) is 3.94. The SMILES string of the molecule is C=CCc1cc(/C=N/NC(=O)Nc2cc(C)cc(C)c2)cc(OC)c1OCC(=O)O. The molecule has 8 heteroatoms. The zero-order valence-corrected chi connectivity index (χ0v) is 17.2. The third kappa shape index (κ3) is 6.66. The molecule has 0 fully saturated rings. The van der Waals surface area contributed by atoms with E-state index in [-0.39, 0.29) is 0 Å². The highest BCUT2D eigenvalue weighted by Crippen LogP contribution is 2.33. The first kappa shape index (κ1) is 22.5. The molecule has 0 bridgehead atoms. The van der Waals surface area contributed by atoms with Crippen LogP contribution in [0.3, 0.4) is 0 Å². The maximum absolute atomic E-state index is 12.1. The van der Waals surface area contributed by atoms with Crippen molar-refractivity contribution in [2.75, 3.05) is 19.0 Å². The minimum Gasteiger partial charge on any atom is -0.493 e. The van der Waals surface area contributed by atoms with Gasteiger partial charge in [0.1, 0.15) is 0 Å².